The summed E-state index contributed by atoms with van der Waals surface area (Å²) < 4.78 is 0. The average Bonchev–Trinajstić information content (AvgIpc) is 2.45. The molecule has 0 bridgehead atoms. The van der Waals surface area contributed by atoms with E-state index in [0.29, 0.717) is 5.92 Å². The standard InChI is InChI=1S/C16H15ClN2/c1-3-10(2)15-16-13(5-4-8-18-16)12-7-6-11(17)9-14(12)19-15/h4-10H,3H2,1-2H3. The maximum Gasteiger partial charge on any atom is 0.0926 e. The van der Waals surface area contributed by atoms with Gasteiger partial charge in [-0.15, -0.1) is 0 Å². The van der Waals surface area contributed by atoms with Gasteiger partial charge in [-0.3, -0.25) is 9.97 Å². The summed E-state index contributed by atoms with van der Waals surface area (Å²) in [6.07, 6.45) is 2.88. The van der Waals surface area contributed by atoms with E-state index in [1.54, 1.807) is 0 Å². The second-order valence-electron chi connectivity index (χ2n) is 4.87. The van der Waals surface area contributed by atoms with E-state index in [2.05, 4.69) is 24.9 Å². The Hall–Kier alpha value is -1.67. The topological polar surface area (TPSA) is 25.8 Å². The second kappa shape index (κ2) is 4.78. The van der Waals surface area contributed by atoms with Crippen LogP contribution in [0.1, 0.15) is 31.9 Å². The molecule has 0 saturated heterocycles. The molecule has 19 heavy (non-hydrogen) atoms. The minimum absolute atomic E-state index is 0.390. The van der Waals surface area contributed by atoms with Crippen LogP contribution in [0.15, 0.2) is 36.5 Å². The van der Waals surface area contributed by atoms with Gasteiger partial charge in [-0.05, 0) is 24.6 Å². The van der Waals surface area contributed by atoms with Crippen LogP contribution < -0.4 is 0 Å². The molecule has 1 unspecified atom stereocenters. The van der Waals surface area contributed by atoms with Gasteiger partial charge < -0.3 is 0 Å². The number of hydrogen-bond acceptors (Lipinski definition) is 2. The molecule has 0 N–H and O–H groups in total. The molecule has 96 valence electrons. The van der Waals surface area contributed by atoms with Crippen LogP contribution in [0.2, 0.25) is 5.02 Å². The fraction of sp³-hybridized carbons (Fsp3) is 0.250. The summed E-state index contributed by atoms with van der Waals surface area (Å²) in [6.45, 7) is 4.36. The third kappa shape index (κ3) is 2.06. The molecule has 3 heteroatoms. The molecule has 0 spiro atoms. The van der Waals surface area contributed by atoms with E-state index >= 15 is 0 Å². The molecule has 0 radical (unpaired) electrons. The lowest BCUT2D eigenvalue weighted by atomic mass is 9.99. The Bertz CT molecular complexity index is 752. The monoisotopic (exact) mass is 270 g/mol. The highest BCUT2D eigenvalue weighted by atomic mass is 35.5. The Balaban J connectivity index is 2.46. The van der Waals surface area contributed by atoms with Crippen molar-refractivity contribution < 1.29 is 0 Å². The number of halogens is 1. The van der Waals surface area contributed by atoms with Gasteiger partial charge in [0.2, 0.25) is 0 Å². The van der Waals surface area contributed by atoms with Crippen LogP contribution in [0.3, 0.4) is 0 Å². The third-order valence-corrected chi connectivity index (χ3v) is 3.86. The minimum atomic E-state index is 0.390. The largest absolute Gasteiger partial charge is 0.254 e. The van der Waals surface area contributed by atoms with Crippen molar-refractivity contribution in [1.82, 2.24) is 9.97 Å². The van der Waals surface area contributed by atoms with Crippen LogP contribution in [-0.4, -0.2) is 9.97 Å². The number of nitrogens with zero attached hydrogens (tertiary/aromatic N) is 2. The lowest BCUT2D eigenvalue weighted by Crippen LogP contribution is -1.99. The summed E-state index contributed by atoms with van der Waals surface area (Å²) in [6, 6.07) is 9.92. The summed E-state index contributed by atoms with van der Waals surface area (Å²) in [5.74, 6) is 0.390. The quantitative estimate of drug-likeness (QED) is 0.616. The molecule has 3 aromatic rings. The van der Waals surface area contributed by atoms with Crippen molar-refractivity contribution in [2.45, 2.75) is 26.2 Å². The number of pyridine rings is 2. The fourth-order valence-corrected chi connectivity index (χ4v) is 2.54. The Morgan fingerprint density at radius 1 is 1.21 bits per heavy atom. The van der Waals surface area contributed by atoms with Crippen molar-refractivity contribution in [1.29, 1.82) is 0 Å². The molecule has 0 amide bonds. The van der Waals surface area contributed by atoms with Gasteiger partial charge in [0.05, 0.1) is 16.7 Å². The van der Waals surface area contributed by atoms with E-state index in [9.17, 15) is 0 Å². The highest BCUT2D eigenvalue weighted by Crippen LogP contribution is 2.31. The van der Waals surface area contributed by atoms with Gasteiger partial charge in [0, 0.05) is 27.9 Å². The number of benzene rings is 1. The summed E-state index contributed by atoms with van der Waals surface area (Å²) >= 11 is 6.08. The van der Waals surface area contributed by atoms with Crippen LogP contribution in [0, 0.1) is 0 Å². The van der Waals surface area contributed by atoms with E-state index in [4.69, 9.17) is 16.6 Å². The van der Waals surface area contributed by atoms with Gasteiger partial charge >= 0.3 is 0 Å². The van der Waals surface area contributed by atoms with E-state index < -0.39 is 0 Å². The number of fused-ring (bicyclic) bond motifs is 3. The lowest BCUT2D eigenvalue weighted by molar-refractivity contribution is 0.717. The molecular weight excluding hydrogens is 256 g/mol. The Morgan fingerprint density at radius 3 is 2.84 bits per heavy atom. The molecule has 1 aromatic carbocycles. The van der Waals surface area contributed by atoms with Crippen LogP contribution >= 0.6 is 11.6 Å². The molecule has 2 nitrogen and oxygen atoms in total. The summed E-state index contributed by atoms with van der Waals surface area (Å²) in [5.41, 5.74) is 3.02. The maximum absolute atomic E-state index is 6.08. The smallest absolute Gasteiger partial charge is 0.0926 e. The third-order valence-electron chi connectivity index (χ3n) is 3.62. The normalized spacial score (nSPS) is 13.0. The molecule has 0 aliphatic rings. The summed E-state index contributed by atoms with van der Waals surface area (Å²) in [5, 5.41) is 2.98. The molecule has 0 saturated carbocycles. The number of aromatic nitrogens is 2. The number of rotatable bonds is 2. The predicted octanol–water partition coefficient (Wildman–Crippen LogP) is 4.95. The molecular formula is C16H15ClN2. The summed E-state index contributed by atoms with van der Waals surface area (Å²) in [4.78, 5) is 9.32. The zero-order valence-electron chi connectivity index (χ0n) is 11.0. The Labute approximate surface area is 117 Å². The minimum Gasteiger partial charge on any atom is -0.254 e. The van der Waals surface area contributed by atoms with Gasteiger partial charge in [-0.2, -0.15) is 0 Å². The van der Waals surface area contributed by atoms with Gasteiger partial charge in [0.25, 0.3) is 0 Å². The molecule has 0 fully saturated rings. The zero-order valence-corrected chi connectivity index (χ0v) is 11.8. The van der Waals surface area contributed by atoms with Crippen molar-refractivity contribution in [3.63, 3.8) is 0 Å². The highest BCUT2D eigenvalue weighted by Gasteiger charge is 2.13. The predicted molar refractivity (Wildman–Crippen MR) is 80.8 cm³/mol. The molecule has 1 atom stereocenters. The molecule has 0 aliphatic carbocycles. The SMILES string of the molecule is CCC(C)c1nc2cc(Cl)ccc2c2cccnc12. The van der Waals surface area contributed by atoms with Crippen molar-refractivity contribution in [3.8, 4) is 0 Å². The molecule has 2 heterocycles. The van der Waals surface area contributed by atoms with E-state index in [-0.39, 0.29) is 0 Å². The first kappa shape index (κ1) is 12.4. The van der Waals surface area contributed by atoms with Gasteiger partial charge in [-0.25, -0.2) is 0 Å². The van der Waals surface area contributed by atoms with E-state index in [0.717, 1.165) is 38.9 Å². The highest BCUT2D eigenvalue weighted by molar-refractivity contribution is 6.31. The second-order valence-corrected chi connectivity index (χ2v) is 5.30. The van der Waals surface area contributed by atoms with Crippen LogP contribution in [0.4, 0.5) is 0 Å². The lowest BCUT2D eigenvalue weighted by Gasteiger charge is -2.13. The first-order chi connectivity index (χ1) is 9.20. The first-order valence-corrected chi connectivity index (χ1v) is 6.92. The van der Waals surface area contributed by atoms with Gasteiger partial charge in [-0.1, -0.05) is 37.6 Å². The van der Waals surface area contributed by atoms with Crippen LogP contribution in [0.5, 0.6) is 0 Å². The maximum atomic E-state index is 6.08. The Morgan fingerprint density at radius 2 is 2.05 bits per heavy atom. The van der Waals surface area contributed by atoms with Gasteiger partial charge in [0.1, 0.15) is 0 Å². The number of hydrogen-bond donors (Lipinski definition) is 0. The molecule has 3 rings (SSSR count). The molecule has 0 aliphatic heterocycles. The van der Waals surface area contributed by atoms with Crippen molar-refractivity contribution in [2.75, 3.05) is 0 Å². The van der Waals surface area contributed by atoms with Crippen LogP contribution in [0.25, 0.3) is 21.8 Å². The van der Waals surface area contributed by atoms with Crippen molar-refractivity contribution in [3.05, 3.63) is 47.2 Å². The fourth-order valence-electron chi connectivity index (χ4n) is 2.37. The summed E-state index contributed by atoms with van der Waals surface area (Å²) in [7, 11) is 0. The first-order valence-electron chi connectivity index (χ1n) is 6.54. The van der Waals surface area contributed by atoms with E-state index in [1.165, 1.54) is 0 Å². The average molecular weight is 271 g/mol. The van der Waals surface area contributed by atoms with Crippen molar-refractivity contribution >= 4 is 33.4 Å². The molecule has 2 aromatic heterocycles. The zero-order chi connectivity index (χ0) is 13.4. The van der Waals surface area contributed by atoms with Crippen LogP contribution in [-0.2, 0) is 0 Å². The Kier molecular flexibility index (Phi) is 3.11. The van der Waals surface area contributed by atoms with Gasteiger partial charge in [0.15, 0.2) is 0 Å². The van der Waals surface area contributed by atoms with Crippen molar-refractivity contribution in [2.24, 2.45) is 0 Å². The van der Waals surface area contributed by atoms with E-state index in [1.807, 2.05) is 30.5 Å².